The topological polar surface area (TPSA) is 188 Å². The van der Waals surface area contributed by atoms with Crippen LogP contribution < -0.4 is 69.8 Å². The number of hydrogen-bond donors (Lipinski definition) is 3. The van der Waals surface area contributed by atoms with Crippen LogP contribution in [-0.2, 0) is 14.4 Å². The number of benzene rings is 2. The zero-order valence-corrected chi connectivity index (χ0v) is 37.8. The number of halogens is 1. The van der Waals surface area contributed by atoms with Crippen LogP contribution in [0.15, 0.2) is 116 Å². The first kappa shape index (κ1) is 49.4. The van der Waals surface area contributed by atoms with Crippen molar-refractivity contribution in [2.45, 2.75) is 40.7 Å². The van der Waals surface area contributed by atoms with E-state index >= 15 is 0 Å². The molecule has 0 bridgehead atoms. The molecule has 6 aromatic heterocycles. The number of H-pyrrole nitrogens is 1. The Morgan fingerprint density at radius 3 is 2.05 bits per heavy atom. The van der Waals surface area contributed by atoms with Crippen LogP contribution in [0.3, 0.4) is 0 Å². The molecule has 0 saturated heterocycles. The van der Waals surface area contributed by atoms with E-state index in [1.165, 1.54) is 21.1 Å². The summed E-state index contributed by atoms with van der Waals surface area (Å²) in [6.07, 6.45) is 11.9. The molecule has 0 aliphatic carbocycles. The van der Waals surface area contributed by atoms with Gasteiger partial charge in [0.15, 0.2) is 0 Å². The number of hydrogen-bond acceptors (Lipinski definition) is 11. The molecule has 0 aliphatic heterocycles. The summed E-state index contributed by atoms with van der Waals surface area (Å²) in [4.78, 5) is 43.4. The van der Waals surface area contributed by atoms with Gasteiger partial charge in [-0.2, -0.15) is 0 Å². The van der Waals surface area contributed by atoms with E-state index in [1.807, 2.05) is 63.6 Å². The van der Waals surface area contributed by atoms with Crippen LogP contribution in [0, 0.1) is 10.5 Å². The molecule has 0 radical (unpaired) electrons. The van der Waals surface area contributed by atoms with Crippen molar-refractivity contribution >= 4 is 91.3 Å². The number of aryl methyl sites for hydroxylation is 1. The molecule has 8 rings (SSSR count). The maximum atomic E-state index is 12.0. The molecule has 17 heteroatoms. The van der Waals surface area contributed by atoms with Crippen LogP contribution in [0.25, 0.3) is 54.7 Å². The number of aromatic amines is 1. The molecule has 284 valence electrons. The molecular weight excluding hydrogens is 860 g/mol. The molecule has 13 nitrogen and oxygen atoms in total. The Kier molecular flexibility index (Phi) is 19.9. The molecule has 3 N–H and O–H groups in total. The van der Waals surface area contributed by atoms with Gasteiger partial charge in [-0.25, -0.2) is 19.3 Å². The summed E-state index contributed by atoms with van der Waals surface area (Å²) >= 11 is 2.18. The molecule has 0 saturated carbocycles. The summed E-state index contributed by atoms with van der Waals surface area (Å²) < 4.78 is 7.76. The van der Waals surface area contributed by atoms with Crippen molar-refractivity contribution in [3.63, 3.8) is 0 Å². The maximum absolute atomic E-state index is 12.0. The third-order valence-electron chi connectivity index (χ3n) is 7.84. The quantitative estimate of drug-likeness (QED) is 0.0742. The van der Waals surface area contributed by atoms with Crippen LogP contribution in [0.4, 0.5) is 4.79 Å². The van der Waals surface area contributed by atoms with E-state index in [1.54, 1.807) is 43.0 Å². The van der Waals surface area contributed by atoms with Crippen molar-refractivity contribution in [3.8, 4) is 11.1 Å². The van der Waals surface area contributed by atoms with Gasteiger partial charge >= 0.3 is 72.3 Å². The van der Waals surface area contributed by atoms with E-state index in [0.717, 1.165) is 41.8 Å². The summed E-state index contributed by atoms with van der Waals surface area (Å²) in [5, 5.41) is 32.8. The van der Waals surface area contributed by atoms with Gasteiger partial charge in [-0.1, -0.05) is 43.8 Å². The monoisotopic (exact) mass is 900 g/mol. The third-order valence-corrected chi connectivity index (χ3v) is 8.70. The fraction of sp³-hybridized carbons (Fsp3) is 0.150. The summed E-state index contributed by atoms with van der Waals surface area (Å²) in [6.45, 7) is 7.44. The Labute approximate surface area is 389 Å². The Morgan fingerprint density at radius 2 is 1.44 bits per heavy atom. The average molecular weight is 900 g/mol. The summed E-state index contributed by atoms with van der Waals surface area (Å²) in [6, 6.07) is 23.4. The van der Waals surface area contributed by atoms with Crippen molar-refractivity contribution in [3.05, 3.63) is 125 Å². The molecule has 0 atom stereocenters. The molecular formula is C40H40BIN6Na2O7. The predicted molar refractivity (Wildman–Crippen MR) is 222 cm³/mol. The molecule has 2 aromatic carbocycles. The number of rotatable bonds is 3. The predicted octanol–water partition coefficient (Wildman–Crippen LogP) is 0.617. The van der Waals surface area contributed by atoms with E-state index in [4.69, 9.17) is 24.8 Å². The van der Waals surface area contributed by atoms with E-state index in [-0.39, 0.29) is 74.4 Å². The van der Waals surface area contributed by atoms with E-state index in [0.29, 0.717) is 11.1 Å². The van der Waals surface area contributed by atoms with E-state index < -0.39 is 18.8 Å². The first-order chi connectivity index (χ1) is 25.9. The van der Waals surface area contributed by atoms with Gasteiger partial charge in [-0.3, -0.25) is 14.8 Å². The van der Waals surface area contributed by atoms with Gasteiger partial charge in [0.1, 0.15) is 16.9 Å². The second kappa shape index (κ2) is 23.0. The first-order valence-corrected chi connectivity index (χ1v) is 17.5. The minimum Gasteiger partial charge on any atom is -1.00 e. The van der Waals surface area contributed by atoms with Gasteiger partial charge < -0.3 is 31.3 Å². The number of fused-ring (bicyclic) bond motifs is 4. The first-order valence-electron chi connectivity index (χ1n) is 16.5. The fourth-order valence-corrected chi connectivity index (χ4v) is 6.38. The van der Waals surface area contributed by atoms with Crippen LogP contribution in [0.1, 0.15) is 35.3 Å². The van der Waals surface area contributed by atoms with Gasteiger partial charge in [0.25, 0.3) is 6.47 Å². The Bertz CT molecular complexity index is 2540. The normalized spacial score (nSPS) is 10.2. The zero-order chi connectivity index (χ0) is 38.8. The van der Waals surface area contributed by atoms with Crippen molar-refractivity contribution in [2.75, 3.05) is 0 Å². The van der Waals surface area contributed by atoms with Gasteiger partial charge in [0.05, 0.1) is 0 Å². The molecule has 0 aliphatic rings. The molecule has 57 heavy (non-hydrogen) atoms. The largest absolute Gasteiger partial charge is 1.00 e. The van der Waals surface area contributed by atoms with E-state index in [9.17, 15) is 4.79 Å². The molecule has 8 aromatic rings. The van der Waals surface area contributed by atoms with Crippen molar-refractivity contribution in [1.82, 2.24) is 29.5 Å². The van der Waals surface area contributed by atoms with Crippen molar-refractivity contribution < 1.29 is 95.1 Å². The number of aromatic nitrogens is 6. The number of ether oxygens (including phenoxy) is 1. The minimum absolute atomic E-state index is 0. The Morgan fingerprint density at radius 1 is 0.860 bits per heavy atom. The standard InChI is InChI=1S/C17H13N3.C12H13IN2O2.C9H8BNO2.CH2O3.CH4.2Na.H/c1-11-16(15-6-3-8-19-17(15)20-11)14-5-2-4-12-10-18-9-7-13(12)14;1-12(2,3)17-11(16)15-7-9(13)8-5-4-6-14-10(8)15;12-10(13)9-3-1-2-7-6-11-5-4-8(7)9;2-1-4-3;;;;/h2-10H,1H3,(H,19,20);4-7H,1-3H3;1-6,12-13H;1,3H;1H4;;;/q;;;;;2*+1;-1/p-1. The van der Waals surface area contributed by atoms with Crippen molar-refractivity contribution in [1.29, 1.82) is 0 Å². The minimum atomic E-state index is -1.42. The second-order valence-corrected chi connectivity index (χ2v) is 13.8. The molecule has 0 amide bonds. The summed E-state index contributed by atoms with van der Waals surface area (Å²) in [5.74, 6) is 0. The van der Waals surface area contributed by atoms with Crippen molar-refractivity contribution in [2.24, 2.45) is 0 Å². The number of nitrogens with zero attached hydrogens (tertiary/aromatic N) is 5. The van der Waals surface area contributed by atoms with Crippen LogP contribution in [0.2, 0.25) is 0 Å². The number of carbonyl (C=O) groups is 2. The maximum Gasteiger partial charge on any atom is 1.00 e. The van der Waals surface area contributed by atoms with Gasteiger partial charge in [0, 0.05) is 74.4 Å². The summed E-state index contributed by atoms with van der Waals surface area (Å²) in [5.41, 5.74) is 5.17. The average Bonchev–Trinajstić information content (AvgIpc) is 3.70. The number of nitrogens with one attached hydrogen (secondary N) is 1. The van der Waals surface area contributed by atoms with Gasteiger partial charge in [-0.15, -0.1) is 0 Å². The number of carbonyl (C=O) groups excluding carboxylic acids is 2. The van der Waals surface area contributed by atoms with Crippen LogP contribution >= 0.6 is 22.6 Å². The molecule has 0 fully saturated rings. The molecule has 0 unspecified atom stereocenters. The second-order valence-electron chi connectivity index (χ2n) is 12.6. The van der Waals surface area contributed by atoms with Gasteiger partial charge in [0.2, 0.25) is 0 Å². The zero-order valence-electron chi connectivity index (χ0n) is 32.7. The molecule has 0 spiro atoms. The van der Waals surface area contributed by atoms with Crippen LogP contribution in [0.5, 0.6) is 0 Å². The fourth-order valence-electron chi connectivity index (χ4n) is 5.68. The van der Waals surface area contributed by atoms with Crippen LogP contribution in [-0.4, -0.2) is 64.8 Å². The van der Waals surface area contributed by atoms with Gasteiger partial charge in [-0.05, 0) is 114 Å². The smallest absolute Gasteiger partial charge is 1.00 e. The SMILES string of the molecule is C.CC(C)(C)OC(=O)n1cc(I)c2cccnc21.Cc1[nH]c2ncccc2c1-c1cccc2cnccc12.O=CO[O-].OB(O)c1cccc2cnccc12.[H-].[Na+].[Na+]. The Balaban J connectivity index is 0.000000409. The Hall–Kier alpha value is -3.75. The van der Waals surface area contributed by atoms with E-state index in [2.05, 4.69) is 89.7 Å². The summed E-state index contributed by atoms with van der Waals surface area (Å²) in [7, 11) is -1.42. The molecule has 6 heterocycles. The number of pyridine rings is 4. The third kappa shape index (κ3) is 12.6.